The highest BCUT2D eigenvalue weighted by Gasteiger charge is 2.52. The van der Waals surface area contributed by atoms with Gasteiger partial charge in [-0.1, -0.05) is 19.3 Å². The highest BCUT2D eigenvalue weighted by Crippen LogP contribution is 2.32. The molecule has 2 heterocycles. The molecule has 9 nitrogen and oxygen atoms in total. The van der Waals surface area contributed by atoms with E-state index in [-0.39, 0.29) is 24.1 Å². The van der Waals surface area contributed by atoms with Crippen LogP contribution in [0.3, 0.4) is 0 Å². The van der Waals surface area contributed by atoms with Crippen LogP contribution in [0.5, 0.6) is 0 Å². The molecule has 1 spiro atoms. The minimum atomic E-state index is -0.828. The normalized spacial score (nSPS) is 23.3. The van der Waals surface area contributed by atoms with Crippen LogP contribution in [0.15, 0.2) is 0 Å². The lowest BCUT2D eigenvalue weighted by Gasteiger charge is -2.34. The molecule has 3 aliphatic rings. The second-order valence-electron chi connectivity index (χ2n) is 7.35. The van der Waals surface area contributed by atoms with Crippen molar-refractivity contribution in [1.82, 2.24) is 25.6 Å². The molecule has 0 aromatic carbocycles. The Hall–Kier alpha value is -2.16. The first kappa shape index (κ1) is 18.6. The van der Waals surface area contributed by atoms with Gasteiger partial charge in [0, 0.05) is 46.1 Å². The quantitative estimate of drug-likeness (QED) is 0.674. The van der Waals surface area contributed by atoms with Gasteiger partial charge < -0.3 is 10.2 Å². The molecule has 3 fully saturated rings. The minimum Gasteiger partial charge on any atom is -0.340 e. The van der Waals surface area contributed by atoms with Crippen molar-refractivity contribution in [1.29, 1.82) is 0 Å². The average molecular weight is 365 g/mol. The second-order valence-corrected chi connectivity index (χ2v) is 7.35. The smallest absolute Gasteiger partial charge is 0.340 e. The predicted molar refractivity (Wildman–Crippen MR) is 92.6 cm³/mol. The fourth-order valence-corrected chi connectivity index (χ4v) is 3.94. The van der Waals surface area contributed by atoms with Gasteiger partial charge in [-0.15, -0.1) is 0 Å². The predicted octanol–water partition coefficient (Wildman–Crippen LogP) is -0.173. The summed E-state index contributed by atoms with van der Waals surface area (Å²) < 4.78 is 0. The van der Waals surface area contributed by atoms with E-state index in [4.69, 9.17) is 0 Å². The summed E-state index contributed by atoms with van der Waals surface area (Å²) in [5.74, 6) is -0.626. The number of amides is 5. The molecule has 2 saturated heterocycles. The number of hydrogen-bond donors (Lipinski definition) is 2. The van der Waals surface area contributed by atoms with E-state index >= 15 is 0 Å². The molecule has 1 saturated carbocycles. The molecule has 0 atom stereocenters. The van der Waals surface area contributed by atoms with E-state index in [0.717, 1.165) is 37.4 Å². The zero-order valence-electron chi connectivity index (χ0n) is 15.3. The van der Waals surface area contributed by atoms with Crippen LogP contribution in [-0.2, 0) is 14.4 Å². The molecule has 5 amide bonds. The summed E-state index contributed by atoms with van der Waals surface area (Å²) in [6, 6.07) is -0.541. The fourth-order valence-electron chi connectivity index (χ4n) is 3.94. The van der Waals surface area contributed by atoms with Crippen LogP contribution in [0.4, 0.5) is 4.79 Å². The molecule has 0 unspecified atom stereocenters. The van der Waals surface area contributed by atoms with Gasteiger partial charge in [0.25, 0.3) is 5.91 Å². The number of nitrogens with zero attached hydrogens (tertiary/aromatic N) is 3. The summed E-state index contributed by atoms with van der Waals surface area (Å²) in [7, 11) is 0. The lowest BCUT2D eigenvalue weighted by Crippen LogP contribution is -2.51. The minimum absolute atomic E-state index is 0.0672. The molecule has 3 rings (SSSR count). The van der Waals surface area contributed by atoms with Crippen LogP contribution in [0, 0.1) is 0 Å². The second kappa shape index (κ2) is 7.61. The first-order valence-corrected chi connectivity index (χ1v) is 9.35. The molecule has 26 heavy (non-hydrogen) atoms. The standard InChI is InChI=1S/C17H27N5O4/c1-13(23)21-11-9-20(10-12-21)8-5-14(24)19-22-15(25)17(18-16(22)26)6-3-2-4-7-17/h2-12H2,1H3,(H,18,26)(H,19,24). The number of piperazine rings is 1. The van der Waals surface area contributed by atoms with Gasteiger partial charge in [-0.25, -0.2) is 4.79 Å². The van der Waals surface area contributed by atoms with Crippen LogP contribution in [0.25, 0.3) is 0 Å². The SMILES string of the molecule is CC(=O)N1CCN(CCC(=O)NN2C(=O)NC3(CCCCC3)C2=O)CC1. The molecule has 0 radical (unpaired) electrons. The van der Waals surface area contributed by atoms with Crippen molar-refractivity contribution < 1.29 is 19.2 Å². The fraction of sp³-hybridized carbons (Fsp3) is 0.765. The van der Waals surface area contributed by atoms with Crippen LogP contribution >= 0.6 is 0 Å². The van der Waals surface area contributed by atoms with E-state index in [9.17, 15) is 19.2 Å². The Morgan fingerprint density at radius 3 is 2.35 bits per heavy atom. The molecular weight excluding hydrogens is 338 g/mol. The molecule has 0 aromatic rings. The van der Waals surface area contributed by atoms with Gasteiger partial charge in [-0.2, -0.15) is 5.01 Å². The largest absolute Gasteiger partial charge is 0.344 e. The van der Waals surface area contributed by atoms with E-state index in [0.29, 0.717) is 32.5 Å². The Morgan fingerprint density at radius 1 is 1.08 bits per heavy atom. The number of hydrogen-bond acceptors (Lipinski definition) is 5. The maximum Gasteiger partial charge on any atom is 0.344 e. The van der Waals surface area contributed by atoms with Crippen molar-refractivity contribution in [2.45, 2.75) is 51.0 Å². The van der Waals surface area contributed by atoms with Crippen molar-refractivity contribution in [3.8, 4) is 0 Å². The highest BCUT2D eigenvalue weighted by molar-refractivity contribution is 6.08. The van der Waals surface area contributed by atoms with E-state index in [2.05, 4.69) is 15.6 Å². The Labute approximate surface area is 153 Å². The van der Waals surface area contributed by atoms with Crippen LogP contribution in [0.2, 0.25) is 0 Å². The first-order chi connectivity index (χ1) is 12.4. The Morgan fingerprint density at radius 2 is 1.73 bits per heavy atom. The maximum absolute atomic E-state index is 12.6. The van der Waals surface area contributed by atoms with Crippen molar-refractivity contribution in [2.75, 3.05) is 32.7 Å². The molecule has 0 bridgehead atoms. The van der Waals surface area contributed by atoms with Gasteiger partial charge in [0.05, 0.1) is 0 Å². The number of carbonyl (C=O) groups is 4. The lowest BCUT2D eigenvalue weighted by atomic mass is 9.82. The summed E-state index contributed by atoms with van der Waals surface area (Å²) in [5.41, 5.74) is 1.63. The average Bonchev–Trinajstić information content (AvgIpc) is 2.85. The third kappa shape index (κ3) is 3.82. The van der Waals surface area contributed by atoms with Crippen molar-refractivity contribution in [2.24, 2.45) is 0 Å². The maximum atomic E-state index is 12.6. The number of hydrazine groups is 1. The zero-order valence-corrected chi connectivity index (χ0v) is 15.3. The van der Waals surface area contributed by atoms with Crippen LogP contribution in [0.1, 0.15) is 45.4 Å². The first-order valence-electron chi connectivity index (χ1n) is 9.35. The van der Waals surface area contributed by atoms with Gasteiger partial charge in [-0.05, 0) is 12.8 Å². The zero-order chi connectivity index (χ0) is 18.7. The van der Waals surface area contributed by atoms with Crippen molar-refractivity contribution >= 4 is 23.8 Å². The Balaban J connectivity index is 1.46. The molecule has 2 N–H and O–H groups in total. The van der Waals surface area contributed by atoms with Crippen LogP contribution < -0.4 is 10.7 Å². The summed E-state index contributed by atoms with van der Waals surface area (Å²) in [5, 5.41) is 3.62. The highest BCUT2D eigenvalue weighted by atomic mass is 16.2. The number of nitrogens with one attached hydrogen (secondary N) is 2. The molecule has 1 aliphatic carbocycles. The molecule has 144 valence electrons. The summed E-state index contributed by atoms with van der Waals surface area (Å²) in [6.45, 7) is 4.85. The van der Waals surface area contributed by atoms with E-state index in [1.165, 1.54) is 0 Å². The monoisotopic (exact) mass is 365 g/mol. The number of rotatable bonds is 4. The lowest BCUT2D eigenvalue weighted by molar-refractivity contribution is -0.140. The Bertz CT molecular complexity index is 594. The summed E-state index contributed by atoms with van der Waals surface area (Å²) in [6.07, 6.45) is 4.33. The summed E-state index contributed by atoms with van der Waals surface area (Å²) >= 11 is 0. The number of urea groups is 1. The number of imide groups is 1. The van der Waals surface area contributed by atoms with Gasteiger partial charge >= 0.3 is 6.03 Å². The van der Waals surface area contributed by atoms with E-state index in [1.54, 1.807) is 11.8 Å². The Kier molecular flexibility index (Phi) is 5.45. The molecule has 0 aromatic heterocycles. The van der Waals surface area contributed by atoms with Crippen molar-refractivity contribution in [3.63, 3.8) is 0 Å². The molecular formula is C17H27N5O4. The van der Waals surface area contributed by atoms with Crippen LogP contribution in [-0.4, -0.2) is 76.8 Å². The van der Waals surface area contributed by atoms with Gasteiger partial charge in [0.2, 0.25) is 11.8 Å². The third-order valence-corrected chi connectivity index (χ3v) is 5.58. The topological polar surface area (TPSA) is 102 Å². The van der Waals surface area contributed by atoms with Gasteiger partial charge in [0.1, 0.15) is 5.54 Å². The van der Waals surface area contributed by atoms with E-state index in [1.807, 2.05) is 0 Å². The third-order valence-electron chi connectivity index (χ3n) is 5.58. The number of carbonyl (C=O) groups excluding carboxylic acids is 4. The van der Waals surface area contributed by atoms with E-state index < -0.39 is 11.6 Å². The molecule has 9 heteroatoms. The van der Waals surface area contributed by atoms with Crippen molar-refractivity contribution in [3.05, 3.63) is 0 Å². The van der Waals surface area contributed by atoms with Gasteiger partial charge in [-0.3, -0.25) is 24.7 Å². The van der Waals surface area contributed by atoms with Gasteiger partial charge in [0.15, 0.2) is 0 Å². The summed E-state index contributed by atoms with van der Waals surface area (Å²) in [4.78, 5) is 52.2. The molecule has 2 aliphatic heterocycles.